The smallest absolute Gasteiger partial charge is 0.225 e. The van der Waals surface area contributed by atoms with E-state index in [9.17, 15) is 9.18 Å². The lowest BCUT2D eigenvalue weighted by Crippen LogP contribution is -2.33. The molecule has 1 N–H and O–H groups in total. The van der Waals surface area contributed by atoms with Gasteiger partial charge in [0.15, 0.2) is 0 Å². The quantitative estimate of drug-likeness (QED) is 0.878. The summed E-state index contributed by atoms with van der Waals surface area (Å²) >= 11 is 0. The lowest BCUT2D eigenvalue weighted by Gasteiger charge is -2.23. The zero-order valence-corrected chi connectivity index (χ0v) is 13.7. The van der Waals surface area contributed by atoms with Crippen LogP contribution in [0.5, 0.6) is 5.75 Å². The minimum Gasteiger partial charge on any atom is -0.497 e. The maximum atomic E-state index is 13.7. The Morgan fingerprint density at radius 2 is 1.78 bits per heavy atom. The third-order valence-electron chi connectivity index (χ3n) is 3.77. The van der Waals surface area contributed by atoms with Gasteiger partial charge in [0.1, 0.15) is 11.6 Å². The zero-order valence-electron chi connectivity index (χ0n) is 13.7. The third-order valence-corrected chi connectivity index (χ3v) is 3.77. The average molecular weight is 315 g/mol. The van der Waals surface area contributed by atoms with Gasteiger partial charge in [-0.15, -0.1) is 0 Å². The Labute approximate surface area is 136 Å². The number of amides is 1. The normalized spacial score (nSPS) is 12.0. The highest BCUT2D eigenvalue weighted by Crippen LogP contribution is 2.24. The predicted octanol–water partition coefficient (Wildman–Crippen LogP) is 3.89. The van der Waals surface area contributed by atoms with Crippen molar-refractivity contribution in [2.24, 2.45) is 5.92 Å². The number of rotatable bonds is 6. The summed E-state index contributed by atoms with van der Waals surface area (Å²) in [4.78, 5) is 12.3. The Bertz CT molecular complexity index is 653. The van der Waals surface area contributed by atoms with Gasteiger partial charge in [0, 0.05) is 0 Å². The van der Waals surface area contributed by atoms with Gasteiger partial charge in [0.25, 0.3) is 0 Å². The number of ether oxygens (including phenoxy) is 1. The fourth-order valence-corrected chi connectivity index (χ4v) is 2.49. The highest BCUT2D eigenvalue weighted by Gasteiger charge is 2.19. The highest BCUT2D eigenvalue weighted by atomic mass is 19.1. The molecule has 2 rings (SSSR count). The molecule has 122 valence electrons. The second-order valence-electron chi connectivity index (χ2n) is 5.83. The molecular formula is C19H22FNO2. The van der Waals surface area contributed by atoms with Crippen LogP contribution >= 0.6 is 0 Å². The number of methoxy groups -OCH3 is 1. The summed E-state index contributed by atoms with van der Waals surface area (Å²) in [6.07, 6.45) is 0.0338. The molecule has 0 spiro atoms. The molecule has 0 bridgehead atoms. The van der Waals surface area contributed by atoms with Crippen LogP contribution in [-0.4, -0.2) is 13.0 Å². The van der Waals surface area contributed by atoms with Crippen LogP contribution < -0.4 is 10.1 Å². The molecular weight excluding hydrogens is 293 g/mol. The monoisotopic (exact) mass is 315 g/mol. The molecule has 0 aromatic heterocycles. The number of carbonyl (C=O) groups excluding carboxylic acids is 1. The molecule has 0 radical (unpaired) electrons. The third kappa shape index (κ3) is 4.55. The summed E-state index contributed by atoms with van der Waals surface area (Å²) in [5, 5.41) is 3.00. The molecule has 1 amide bonds. The molecule has 0 aliphatic carbocycles. The first-order valence-electron chi connectivity index (χ1n) is 7.68. The van der Waals surface area contributed by atoms with E-state index in [1.54, 1.807) is 25.3 Å². The largest absolute Gasteiger partial charge is 0.497 e. The van der Waals surface area contributed by atoms with Gasteiger partial charge in [-0.25, -0.2) is 4.39 Å². The van der Waals surface area contributed by atoms with Crippen molar-refractivity contribution in [2.45, 2.75) is 26.3 Å². The van der Waals surface area contributed by atoms with Crippen LogP contribution in [0.25, 0.3) is 0 Å². The van der Waals surface area contributed by atoms with Crippen molar-refractivity contribution < 1.29 is 13.9 Å². The number of hydrogen-bond donors (Lipinski definition) is 1. The predicted molar refractivity (Wildman–Crippen MR) is 88.8 cm³/mol. The van der Waals surface area contributed by atoms with Gasteiger partial charge < -0.3 is 10.1 Å². The molecule has 1 atom stereocenters. The van der Waals surface area contributed by atoms with Crippen LogP contribution in [-0.2, 0) is 11.2 Å². The van der Waals surface area contributed by atoms with Gasteiger partial charge in [-0.1, -0.05) is 44.2 Å². The SMILES string of the molecule is COc1ccc(C(NC(=O)Cc2ccccc2F)C(C)C)cc1. The van der Waals surface area contributed by atoms with E-state index in [-0.39, 0.29) is 30.1 Å². The molecule has 0 saturated heterocycles. The van der Waals surface area contributed by atoms with Crippen LogP contribution in [0.4, 0.5) is 4.39 Å². The van der Waals surface area contributed by atoms with Crippen molar-refractivity contribution >= 4 is 5.91 Å². The molecule has 0 fully saturated rings. The van der Waals surface area contributed by atoms with Crippen LogP contribution in [0.1, 0.15) is 31.0 Å². The Hall–Kier alpha value is -2.36. The fourth-order valence-electron chi connectivity index (χ4n) is 2.49. The van der Waals surface area contributed by atoms with Gasteiger partial charge in [-0.05, 0) is 35.2 Å². The topological polar surface area (TPSA) is 38.3 Å². The maximum Gasteiger partial charge on any atom is 0.225 e. The summed E-state index contributed by atoms with van der Waals surface area (Å²) in [6.45, 7) is 4.08. The number of benzene rings is 2. The minimum atomic E-state index is -0.354. The summed E-state index contributed by atoms with van der Waals surface area (Å²) in [6, 6.07) is 13.8. The zero-order chi connectivity index (χ0) is 16.8. The Balaban J connectivity index is 2.09. The summed E-state index contributed by atoms with van der Waals surface area (Å²) in [7, 11) is 1.62. The van der Waals surface area contributed by atoms with E-state index >= 15 is 0 Å². The van der Waals surface area contributed by atoms with Crippen LogP contribution in [0.3, 0.4) is 0 Å². The number of nitrogens with one attached hydrogen (secondary N) is 1. The summed E-state index contributed by atoms with van der Waals surface area (Å²) in [5.74, 6) is 0.444. The van der Waals surface area contributed by atoms with E-state index < -0.39 is 0 Å². The van der Waals surface area contributed by atoms with Gasteiger partial charge in [-0.3, -0.25) is 4.79 Å². The Morgan fingerprint density at radius 3 is 2.35 bits per heavy atom. The molecule has 4 heteroatoms. The molecule has 2 aromatic rings. The number of hydrogen-bond acceptors (Lipinski definition) is 2. The average Bonchev–Trinajstić information content (AvgIpc) is 2.55. The molecule has 3 nitrogen and oxygen atoms in total. The molecule has 0 saturated carbocycles. The Kier molecular flexibility index (Phi) is 5.74. The second kappa shape index (κ2) is 7.77. The van der Waals surface area contributed by atoms with E-state index in [0.717, 1.165) is 11.3 Å². The fraction of sp³-hybridized carbons (Fsp3) is 0.316. The standard InChI is InChI=1S/C19H22FNO2/c1-13(2)19(14-8-10-16(23-3)11-9-14)21-18(22)12-15-6-4-5-7-17(15)20/h4-11,13,19H,12H2,1-3H3,(H,21,22). The summed E-state index contributed by atoms with van der Waals surface area (Å²) < 4.78 is 18.8. The van der Waals surface area contributed by atoms with E-state index in [0.29, 0.717) is 5.56 Å². The molecule has 1 unspecified atom stereocenters. The maximum absolute atomic E-state index is 13.7. The van der Waals surface area contributed by atoms with Crippen LogP contribution in [0.2, 0.25) is 0 Å². The molecule has 0 aliphatic heterocycles. The Morgan fingerprint density at radius 1 is 1.13 bits per heavy atom. The van der Waals surface area contributed by atoms with Crippen molar-refractivity contribution in [3.8, 4) is 5.75 Å². The number of carbonyl (C=O) groups is 1. The lowest BCUT2D eigenvalue weighted by atomic mass is 9.95. The van der Waals surface area contributed by atoms with Crippen LogP contribution in [0.15, 0.2) is 48.5 Å². The van der Waals surface area contributed by atoms with Crippen molar-refractivity contribution in [3.05, 3.63) is 65.5 Å². The van der Waals surface area contributed by atoms with Crippen LogP contribution in [0, 0.1) is 11.7 Å². The molecule has 23 heavy (non-hydrogen) atoms. The van der Waals surface area contributed by atoms with Gasteiger partial charge in [-0.2, -0.15) is 0 Å². The van der Waals surface area contributed by atoms with Crippen molar-refractivity contribution in [2.75, 3.05) is 7.11 Å². The van der Waals surface area contributed by atoms with E-state index in [1.807, 2.05) is 38.1 Å². The molecule has 0 heterocycles. The molecule has 2 aromatic carbocycles. The first kappa shape index (κ1) is 17.0. The van der Waals surface area contributed by atoms with E-state index in [4.69, 9.17) is 4.74 Å². The number of halogens is 1. The minimum absolute atomic E-state index is 0.0338. The summed E-state index contributed by atoms with van der Waals surface area (Å²) in [5.41, 5.74) is 1.41. The lowest BCUT2D eigenvalue weighted by molar-refractivity contribution is -0.121. The van der Waals surface area contributed by atoms with Gasteiger partial charge in [0.05, 0.1) is 19.6 Å². The van der Waals surface area contributed by atoms with E-state index in [1.165, 1.54) is 6.07 Å². The van der Waals surface area contributed by atoms with Crippen molar-refractivity contribution in [1.82, 2.24) is 5.32 Å². The second-order valence-corrected chi connectivity index (χ2v) is 5.83. The van der Waals surface area contributed by atoms with Gasteiger partial charge >= 0.3 is 0 Å². The van der Waals surface area contributed by atoms with E-state index in [2.05, 4.69) is 5.32 Å². The van der Waals surface area contributed by atoms with Crippen molar-refractivity contribution in [3.63, 3.8) is 0 Å². The molecule has 0 aliphatic rings. The van der Waals surface area contributed by atoms with Crippen molar-refractivity contribution in [1.29, 1.82) is 0 Å². The van der Waals surface area contributed by atoms with Gasteiger partial charge in [0.2, 0.25) is 5.91 Å². The highest BCUT2D eigenvalue weighted by molar-refractivity contribution is 5.79. The first-order valence-corrected chi connectivity index (χ1v) is 7.68. The first-order chi connectivity index (χ1) is 11.0.